The molecule has 2 N–H and O–H groups in total. The molecule has 0 heterocycles. The Kier molecular flexibility index (Phi) is 7.79. The smallest absolute Gasteiger partial charge is 0.451 e. The summed E-state index contributed by atoms with van der Waals surface area (Å²) >= 11 is 0. The summed E-state index contributed by atoms with van der Waals surface area (Å²) in [5.41, 5.74) is -0.0931. The number of alkyl halides is 3. The van der Waals surface area contributed by atoms with Gasteiger partial charge in [0.1, 0.15) is 5.75 Å². The van der Waals surface area contributed by atoms with Crippen molar-refractivity contribution < 1.29 is 41.0 Å². The van der Waals surface area contributed by atoms with Crippen LogP contribution in [0, 0.1) is 0 Å². The molecule has 0 saturated carbocycles. The van der Waals surface area contributed by atoms with Gasteiger partial charge in [0.25, 0.3) is 15.8 Å². The van der Waals surface area contributed by atoms with E-state index in [9.17, 15) is 36.3 Å². The lowest BCUT2D eigenvalue weighted by Gasteiger charge is -2.20. The molecule has 2 aromatic rings. The number of Topliss-reactive ketones (excluding diaryl/α,β-unsaturated/α-hetero) is 1. The maximum absolute atomic E-state index is 13.1. The van der Waals surface area contributed by atoms with Gasteiger partial charge in [-0.1, -0.05) is 26.0 Å². The molecule has 0 aromatic heterocycles. The van der Waals surface area contributed by atoms with Crippen molar-refractivity contribution in [3.63, 3.8) is 0 Å². The van der Waals surface area contributed by atoms with Gasteiger partial charge in [-0.25, -0.2) is 8.42 Å². The summed E-state index contributed by atoms with van der Waals surface area (Å²) in [5.74, 6) is -7.13. The van der Waals surface area contributed by atoms with Crippen LogP contribution in [0.1, 0.15) is 50.7 Å². The quantitative estimate of drug-likeness (QED) is 0.323. The van der Waals surface area contributed by atoms with Crippen LogP contribution < -0.4 is 4.72 Å². The Balaban J connectivity index is 2.47. The highest BCUT2D eigenvalue weighted by atomic mass is 32.2. The highest BCUT2D eigenvalue weighted by molar-refractivity contribution is 7.92. The lowest BCUT2D eigenvalue weighted by atomic mass is 9.93. The summed E-state index contributed by atoms with van der Waals surface area (Å²) in [4.78, 5) is 24.2. The van der Waals surface area contributed by atoms with Crippen LogP contribution in [0.2, 0.25) is 0 Å². The second-order valence-corrected chi connectivity index (χ2v) is 9.57. The van der Waals surface area contributed by atoms with Gasteiger partial charge in [0.05, 0.1) is 11.0 Å². The molecule has 0 aliphatic rings. The molecule has 0 fully saturated rings. The first kappa shape index (κ1) is 26.2. The Morgan fingerprint density at radius 3 is 2.06 bits per heavy atom. The van der Waals surface area contributed by atoms with Gasteiger partial charge < -0.3 is 9.84 Å². The van der Waals surface area contributed by atoms with E-state index in [4.69, 9.17) is 4.74 Å². The lowest BCUT2D eigenvalue weighted by Crippen LogP contribution is -2.35. The predicted molar refractivity (Wildman–Crippen MR) is 114 cm³/mol. The molecule has 0 saturated heterocycles. The zero-order valence-corrected chi connectivity index (χ0v) is 19.1. The Labute approximate surface area is 189 Å². The molecule has 11 heteroatoms. The van der Waals surface area contributed by atoms with Gasteiger partial charge in [-0.15, -0.1) is 0 Å². The number of ketones is 1. The Bertz CT molecular complexity index is 1130. The summed E-state index contributed by atoms with van der Waals surface area (Å²) in [6.45, 7) is 6.62. The fourth-order valence-electron chi connectivity index (χ4n) is 2.93. The maximum Gasteiger partial charge on any atom is 0.451 e. The first-order chi connectivity index (χ1) is 15.1. The molecule has 1 atom stereocenters. The standard InChI is InChI=1S/C22H24F3NO6S/c1-12(2)14-5-8-16(9-6-14)33(30,31)26-15-7-10-18(27)17(11-15)19(20(28)22(23,24)25)21(29)32-13(3)4/h5-13,19,26-27H,1-4H3/t19-/m1/s1. The molecule has 2 aromatic carbocycles. The van der Waals surface area contributed by atoms with Crippen LogP contribution in [0.5, 0.6) is 5.75 Å². The second kappa shape index (κ2) is 9.82. The molecule has 0 bridgehead atoms. The van der Waals surface area contributed by atoms with Crippen molar-refractivity contribution in [3.8, 4) is 5.75 Å². The van der Waals surface area contributed by atoms with Gasteiger partial charge in [0.15, 0.2) is 5.92 Å². The average molecular weight is 487 g/mol. The van der Waals surface area contributed by atoms with E-state index in [1.165, 1.54) is 26.0 Å². The van der Waals surface area contributed by atoms with Crippen LogP contribution >= 0.6 is 0 Å². The van der Waals surface area contributed by atoms with Crippen molar-refractivity contribution >= 4 is 27.5 Å². The number of benzene rings is 2. The Hall–Kier alpha value is -3.08. The number of phenolic OH excluding ortho intramolecular Hbond substituents is 1. The number of anilines is 1. The van der Waals surface area contributed by atoms with Gasteiger partial charge in [0.2, 0.25) is 0 Å². The predicted octanol–water partition coefficient (Wildman–Crippen LogP) is 4.48. The van der Waals surface area contributed by atoms with E-state index in [1.807, 2.05) is 13.8 Å². The fraction of sp³-hybridized carbons (Fsp3) is 0.364. The molecule has 0 spiro atoms. The molecule has 0 unspecified atom stereocenters. The monoisotopic (exact) mass is 487 g/mol. The largest absolute Gasteiger partial charge is 0.508 e. The van der Waals surface area contributed by atoms with E-state index in [0.29, 0.717) is 0 Å². The number of carbonyl (C=O) groups excluding carboxylic acids is 2. The number of rotatable bonds is 8. The lowest BCUT2D eigenvalue weighted by molar-refractivity contribution is -0.178. The van der Waals surface area contributed by atoms with Gasteiger partial charge in [0, 0.05) is 11.3 Å². The number of aromatic hydroxyl groups is 1. The third-order valence-corrected chi connectivity index (χ3v) is 5.97. The summed E-state index contributed by atoms with van der Waals surface area (Å²) < 4.78 is 71.8. The number of carbonyl (C=O) groups is 2. The summed E-state index contributed by atoms with van der Waals surface area (Å²) in [5, 5.41) is 10.1. The number of esters is 1. The van der Waals surface area contributed by atoms with Crippen molar-refractivity contribution in [1.82, 2.24) is 0 Å². The summed E-state index contributed by atoms with van der Waals surface area (Å²) in [7, 11) is -4.15. The van der Waals surface area contributed by atoms with Crippen molar-refractivity contribution in [2.45, 2.75) is 56.7 Å². The number of sulfonamides is 1. The van der Waals surface area contributed by atoms with E-state index in [0.717, 1.165) is 23.8 Å². The molecule has 0 amide bonds. The second-order valence-electron chi connectivity index (χ2n) is 7.88. The molecule has 7 nitrogen and oxygen atoms in total. The van der Waals surface area contributed by atoms with E-state index >= 15 is 0 Å². The van der Waals surface area contributed by atoms with Crippen LogP contribution in [-0.4, -0.2) is 37.6 Å². The van der Waals surface area contributed by atoms with Crippen LogP contribution in [0.25, 0.3) is 0 Å². The molecule has 0 radical (unpaired) electrons. The van der Waals surface area contributed by atoms with Crippen molar-refractivity contribution in [1.29, 1.82) is 0 Å². The van der Waals surface area contributed by atoms with Crippen LogP contribution in [-0.2, 0) is 24.3 Å². The van der Waals surface area contributed by atoms with Gasteiger partial charge in [-0.2, -0.15) is 13.2 Å². The first-order valence-corrected chi connectivity index (χ1v) is 11.4. The van der Waals surface area contributed by atoms with E-state index in [2.05, 4.69) is 4.72 Å². The van der Waals surface area contributed by atoms with Crippen molar-refractivity contribution in [2.75, 3.05) is 4.72 Å². The SMILES string of the molecule is CC(C)OC(=O)[C@@H](C(=O)C(F)(F)F)c1cc(NS(=O)(=O)c2ccc(C(C)C)cc2)ccc1O. The topological polar surface area (TPSA) is 110 Å². The molecule has 2 rings (SSSR count). The van der Waals surface area contributed by atoms with Crippen LogP contribution in [0.4, 0.5) is 18.9 Å². The summed E-state index contributed by atoms with van der Waals surface area (Å²) in [6.07, 6.45) is -6.24. The average Bonchev–Trinajstić information content (AvgIpc) is 2.69. The van der Waals surface area contributed by atoms with E-state index < -0.39 is 51.3 Å². The molecule has 180 valence electrons. The van der Waals surface area contributed by atoms with Crippen molar-refractivity contribution in [3.05, 3.63) is 53.6 Å². The van der Waals surface area contributed by atoms with Gasteiger partial charge >= 0.3 is 12.1 Å². The zero-order valence-electron chi connectivity index (χ0n) is 18.3. The molecular formula is C22H24F3NO6S. The normalized spacial score (nSPS) is 13.1. The van der Waals surface area contributed by atoms with E-state index in [-0.39, 0.29) is 16.5 Å². The third kappa shape index (κ3) is 6.47. The highest BCUT2D eigenvalue weighted by Crippen LogP contribution is 2.36. The molecular weight excluding hydrogens is 463 g/mol. The zero-order chi connectivity index (χ0) is 25.1. The number of nitrogens with one attached hydrogen (secondary N) is 1. The molecule has 0 aliphatic heterocycles. The number of ether oxygens (including phenoxy) is 1. The maximum atomic E-state index is 13.1. The Morgan fingerprint density at radius 1 is 1.00 bits per heavy atom. The van der Waals surface area contributed by atoms with Crippen LogP contribution in [0.15, 0.2) is 47.4 Å². The molecule has 0 aliphatic carbocycles. The van der Waals surface area contributed by atoms with Gasteiger partial charge in [-0.05, 0) is 55.7 Å². The van der Waals surface area contributed by atoms with E-state index in [1.54, 1.807) is 12.1 Å². The minimum Gasteiger partial charge on any atom is -0.508 e. The number of hydrogen-bond donors (Lipinski definition) is 2. The molecule has 33 heavy (non-hydrogen) atoms. The first-order valence-electron chi connectivity index (χ1n) is 9.90. The van der Waals surface area contributed by atoms with Gasteiger partial charge in [-0.3, -0.25) is 14.3 Å². The van der Waals surface area contributed by atoms with Crippen molar-refractivity contribution in [2.24, 2.45) is 0 Å². The summed E-state index contributed by atoms with van der Waals surface area (Å²) in [6, 6.07) is 8.76. The number of halogens is 3. The number of phenols is 1. The Morgan fingerprint density at radius 2 is 1.58 bits per heavy atom. The third-order valence-electron chi connectivity index (χ3n) is 4.58. The minimum atomic E-state index is -5.40. The minimum absolute atomic E-state index is 0.108. The highest BCUT2D eigenvalue weighted by Gasteiger charge is 2.48. The number of hydrogen-bond acceptors (Lipinski definition) is 6. The van der Waals surface area contributed by atoms with Crippen LogP contribution in [0.3, 0.4) is 0 Å². The fourth-order valence-corrected chi connectivity index (χ4v) is 3.98.